The molecule has 2 nitrogen and oxygen atoms in total. The average Bonchev–Trinajstić information content (AvgIpc) is 2.46. The Morgan fingerprint density at radius 1 is 1.18 bits per heavy atom. The van der Waals surface area contributed by atoms with E-state index in [1.54, 1.807) is 19.2 Å². The van der Waals surface area contributed by atoms with E-state index in [4.69, 9.17) is 4.74 Å². The van der Waals surface area contributed by atoms with Crippen LogP contribution < -0.4 is 0 Å². The van der Waals surface area contributed by atoms with Crippen molar-refractivity contribution in [3.8, 4) is 0 Å². The summed E-state index contributed by atoms with van der Waals surface area (Å²) in [4.78, 5) is 10.7. The number of halogens is 1. The quantitative estimate of drug-likeness (QED) is 0.602. The van der Waals surface area contributed by atoms with Gasteiger partial charge >= 0.3 is 0 Å². The van der Waals surface area contributed by atoms with Gasteiger partial charge in [-0.05, 0) is 53.7 Å². The normalized spacial score (nSPS) is 24.8. The highest BCUT2D eigenvalue weighted by Gasteiger charge is 2.41. The highest BCUT2D eigenvalue weighted by molar-refractivity contribution is 5.76. The van der Waals surface area contributed by atoms with Gasteiger partial charge in [0.15, 0.2) is 0 Å². The maximum atomic E-state index is 13.2. The minimum atomic E-state index is -0.272. The molecule has 0 bridgehead atoms. The predicted molar refractivity (Wildman–Crippen MR) is 87.0 cm³/mol. The van der Waals surface area contributed by atoms with E-state index >= 15 is 0 Å². The van der Waals surface area contributed by atoms with Crippen molar-refractivity contribution in [1.82, 2.24) is 0 Å². The molecule has 1 unspecified atom stereocenters. The van der Waals surface area contributed by atoms with Gasteiger partial charge in [-0.3, -0.25) is 4.79 Å². The molecule has 1 aromatic carbocycles. The number of hydrogen-bond donors (Lipinski definition) is 0. The lowest BCUT2D eigenvalue weighted by atomic mass is 9.65. The third kappa shape index (κ3) is 3.36. The molecule has 118 valence electrons. The molecule has 0 N–H and O–H groups in total. The van der Waals surface area contributed by atoms with Gasteiger partial charge < -0.3 is 4.74 Å². The summed E-state index contributed by atoms with van der Waals surface area (Å²) >= 11 is 0. The van der Waals surface area contributed by atoms with E-state index in [1.165, 1.54) is 18.2 Å². The van der Waals surface area contributed by atoms with Crippen LogP contribution in [-0.4, -0.2) is 19.0 Å². The summed E-state index contributed by atoms with van der Waals surface area (Å²) < 4.78 is 19.0. The molecule has 2 rings (SSSR count). The van der Waals surface area contributed by atoms with Crippen molar-refractivity contribution in [2.24, 2.45) is 5.41 Å². The maximum Gasteiger partial charge on any atom is 0.142 e. The largest absolute Gasteiger partial charge is 0.378 e. The maximum absolute atomic E-state index is 13.2. The zero-order chi connectivity index (χ0) is 16.4. The van der Waals surface area contributed by atoms with E-state index in [2.05, 4.69) is 20.8 Å². The van der Waals surface area contributed by atoms with Crippen molar-refractivity contribution >= 4 is 11.9 Å². The first-order valence-electron chi connectivity index (χ1n) is 7.48. The van der Waals surface area contributed by atoms with Crippen LogP contribution in [0.1, 0.15) is 39.2 Å². The second-order valence-corrected chi connectivity index (χ2v) is 6.79. The van der Waals surface area contributed by atoms with Crippen molar-refractivity contribution in [2.45, 2.75) is 39.2 Å². The number of carbonyl (C=O) groups is 1. The molecular weight excluding hydrogens is 279 g/mol. The Kier molecular flexibility index (Phi) is 4.66. The fourth-order valence-electron chi connectivity index (χ4n) is 3.48. The number of hydrogen-bond acceptors (Lipinski definition) is 2. The van der Waals surface area contributed by atoms with Crippen molar-refractivity contribution in [2.75, 3.05) is 7.11 Å². The lowest BCUT2D eigenvalue weighted by molar-refractivity contribution is -0.104. The summed E-state index contributed by atoms with van der Waals surface area (Å²) in [6.45, 7) is 6.40. The first kappa shape index (κ1) is 16.6. The molecule has 1 aliphatic rings. The van der Waals surface area contributed by atoms with Gasteiger partial charge in [0.1, 0.15) is 12.1 Å². The second-order valence-electron chi connectivity index (χ2n) is 6.79. The van der Waals surface area contributed by atoms with E-state index in [-0.39, 0.29) is 16.8 Å². The van der Waals surface area contributed by atoms with Gasteiger partial charge in [-0.15, -0.1) is 0 Å². The van der Waals surface area contributed by atoms with Crippen molar-refractivity contribution in [1.29, 1.82) is 0 Å². The minimum Gasteiger partial charge on any atom is -0.378 e. The van der Waals surface area contributed by atoms with Crippen LogP contribution >= 0.6 is 0 Å². The predicted octanol–water partition coefficient (Wildman–Crippen LogP) is 4.56. The van der Waals surface area contributed by atoms with Gasteiger partial charge in [0.25, 0.3) is 0 Å². The van der Waals surface area contributed by atoms with Crippen LogP contribution in [0.2, 0.25) is 0 Å². The number of carbonyl (C=O) groups excluding carboxylic acids is 1. The highest BCUT2D eigenvalue weighted by atomic mass is 19.1. The first-order chi connectivity index (χ1) is 10.3. The van der Waals surface area contributed by atoms with Gasteiger partial charge in [-0.25, -0.2) is 4.39 Å². The third-order valence-electron chi connectivity index (χ3n) is 4.45. The molecule has 3 heteroatoms. The Bertz CT molecular complexity index is 611. The molecule has 0 aromatic heterocycles. The molecule has 0 amide bonds. The number of aldehydes is 1. The number of methoxy groups -OCH3 is 1. The monoisotopic (exact) mass is 302 g/mol. The molecule has 0 fully saturated rings. The Morgan fingerprint density at radius 3 is 2.36 bits per heavy atom. The summed E-state index contributed by atoms with van der Waals surface area (Å²) in [6.07, 6.45) is 5.78. The van der Waals surface area contributed by atoms with Crippen LogP contribution in [0.4, 0.5) is 4.39 Å². The number of rotatable bonds is 4. The molecule has 22 heavy (non-hydrogen) atoms. The summed E-state index contributed by atoms with van der Waals surface area (Å²) in [5, 5.41) is 0. The third-order valence-corrected chi connectivity index (χ3v) is 4.45. The smallest absolute Gasteiger partial charge is 0.142 e. The van der Waals surface area contributed by atoms with E-state index in [1.807, 2.05) is 6.08 Å². The van der Waals surface area contributed by atoms with Crippen LogP contribution in [0.5, 0.6) is 0 Å². The summed E-state index contributed by atoms with van der Waals surface area (Å²) in [7, 11) is 1.73. The lowest BCUT2D eigenvalue weighted by Gasteiger charge is -2.44. The Labute approximate surface area is 131 Å². The van der Waals surface area contributed by atoms with Crippen molar-refractivity contribution in [3.63, 3.8) is 0 Å². The molecule has 1 aliphatic carbocycles. The van der Waals surface area contributed by atoms with Crippen LogP contribution in [0.3, 0.4) is 0 Å². The molecule has 0 spiro atoms. The van der Waals surface area contributed by atoms with Crippen molar-refractivity contribution in [3.05, 3.63) is 53.4 Å². The molecule has 0 saturated heterocycles. The molecular formula is C19H23FO2. The topological polar surface area (TPSA) is 26.3 Å². The van der Waals surface area contributed by atoms with Gasteiger partial charge in [0, 0.05) is 13.5 Å². The standard InChI is InChI=1S/C19H23FO2/c1-18(2)13-19(3,22-4)12-16(17(18)6-5-11-21)14-7-9-15(20)10-8-14/h5-11H,12-13H2,1-4H3/b6-5+. The molecule has 0 aliphatic heterocycles. The molecule has 0 heterocycles. The summed E-state index contributed by atoms with van der Waals surface area (Å²) in [5.74, 6) is -0.251. The zero-order valence-electron chi connectivity index (χ0n) is 13.7. The van der Waals surface area contributed by atoms with E-state index in [0.717, 1.165) is 35.8 Å². The van der Waals surface area contributed by atoms with E-state index in [9.17, 15) is 9.18 Å². The number of allylic oxidation sites excluding steroid dienone is 3. The number of benzene rings is 1. The highest BCUT2D eigenvalue weighted by Crippen LogP contribution is 2.49. The minimum absolute atomic E-state index is 0.133. The first-order valence-corrected chi connectivity index (χ1v) is 7.48. The van der Waals surface area contributed by atoms with Crippen LogP contribution in [0.25, 0.3) is 5.57 Å². The van der Waals surface area contributed by atoms with Crippen LogP contribution in [0, 0.1) is 11.2 Å². The second kappa shape index (κ2) is 6.17. The molecule has 0 radical (unpaired) electrons. The fourth-order valence-corrected chi connectivity index (χ4v) is 3.48. The van der Waals surface area contributed by atoms with Crippen molar-refractivity contribution < 1.29 is 13.9 Å². The lowest BCUT2D eigenvalue weighted by Crippen LogP contribution is -2.39. The fraction of sp³-hybridized carbons (Fsp3) is 0.421. The van der Waals surface area contributed by atoms with Gasteiger partial charge in [0.2, 0.25) is 0 Å². The van der Waals surface area contributed by atoms with Gasteiger partial charge in [-0.2, -0.15) is 0 Å². The zero-order valence-corrected chi connectivity index (χ0v) is 13.7. The Hall–Kier alpha value is -1.74. The average molecular weight is 302 g/mol. The number of ether oxygens (including phenoxy) is 1. The van der Waals surface area contributed by atoms with E-state index < -0.39 is 0 Å². The SMILES string of the molecule is COC1(C)CC(c2ccc(F)cc2)=C(/C=C/C=O)C(C)(C)C1. The summed E-state index contributed by atoms with van der Waals surface area (Å²) in [6, 6.07) is 6.51. The van der Waals surface area contributed by atoms with Gasteiger partial charge in [0.05, 0.1) is 5.60 Å². The van der Waals surface area contributed by atoms with Crippen LogP contribution in [0.15, 0.2) is 42.0 Å². The summed E-state index contributed by atoms with van der Waals surface area (Å²) in [5.41, 5.74) is 2.79. The van der Waals surface area contributed by atoms with Crippen LogP contribution in [-0.2, 0) is 9.53 Å². The molecule has 1 atom stereocenters. The Balaban J connectivity index is 2.62. The Morgan fingerprint density at radius 2 is 1.82 bits per heavy atom. The van der Waals surface area contributed by atoms with E-state index in [0.29, 0.717) is 0 Å². The molecule has 0 saturated carbocycles. The molecule has 1 aromatic rings. The van der Waals surface area contributed by atoms with Gasteiger partial charge in [-0.1, -0.05) is 32.1 Å².